The number of anilines is 1. The normalized spacial score (nSPS) is 10.5. The van der Waals surface area contributed by atoms with Gasteiger partial charge < -0.3 is 5.32 Å². The van der Waals surface area contributed by atoms with Gasteiger partial charge in [0.1, 0.15) is 6.33 Å². The van der Waals surface area contributed by atoms with Gasteiger partial charge in [-0.15, -0.1) is 11.3 Å². The third-order valence-electron chi connectivity index (χ3n) is 3.19. The first kappa shape index (κ1) is 16.3. The minimum Gasteiger partial charge on any atom is -0.359 e. The van der Waals surface area contributed by atoms with Crippen molar-refractivity contribution in [3.8, 4) is 0 Å². The molecule has 9 heteroatoms. The summed E-state index contributed by atoms with van der Waals surface area (Å²) in [5.41, 5.74) is 1.64. The highest BCUT2D eigenvalue weighted by Gasteiger charge is 2.21. The highest BCUT2D eigenvalue weighted by molar-refractivity contribution is 7.09. The van der Waals surface area contributed by atoms with Crippen molar-refractivity contribution in [1.82, 2.24) is 15.0 Å². The van der Waals surface area contributed by atoms with Gasteiger partial charge in [-0.1, -0.05) is 41.9 Å². The second kappa shape index (κ2) is 7.33. The molecule has 1 N–H and O–H groups in total. The van der Waals surface area contributed by atoms with E-state index < -0.39 is 4.92 Å². The lowest BCUT2D eigenvalue weighted by Crippen LogP contribution is -2.06. The van der Waals surface area contributed by atoms with E-state index in [1.54, 1.807) is 11.3 Å². The van der Waals surface area contributed by atoms with Gasteiger partial charge in [-0.3, -0.25) is 10.1 Å². The Kier molecular flexibility index (Phi) is 4.97. The molecule has 1 aromatic carbocycles. The quantitative estimate of drug-likeness (QED) is 0.408. The lowest BCUT2D eigenvalue weighted by atomic mass is 10.2. The van der Waals surface area contributed by atoms with Crippen LogP contribution in [0.1, 0.15) is 16.3 Å². The minimum atomic E-state index is -0.605. The SMILES string of the molecule is O=[N+]([O-])c1c(Cl)ncnc1NCc1csc(Cc2ccccc2)n1. The third kappa shape index (κ3) is 3.84. The maximum absolute atomic E-state index is 11.0. The highest BCUT2D eigenvalue weighted by Crippen LogP contribution is 2.28. The molecule has 7 nitrogen and oxygen atoms in total. The van der Waals surface area contributed by atoms with Gasteiger partial charge in [-0.05, 0) is 5.56 Å². The number of benzene rings is 1. The number of nitrogens with zero attached hydrogens (tertiary/aromatic N) is 4. The topological polar surface area (TPSA) is 93.8 Å². The van der Waals surface area contributed by atoms with Gasteiger partial charge in [0, 0.05) is 11.8 Å². The molecule has 2 aromatic heterocycles. The maximum atomic E-state index is 11.0. The van der Waals surface area contributed by atoms with Gasteiger partial charge in [0.25, 0.3) is 0 Å². The molecule has 0 saturated carbocycles. The van der Waals surface area contributed by atoms with Crippen LogP contribution in [0.5, 0.6) is 0 Å². The van der Waals surface area contributed by atoms with Crippen molar-refractivity contribution in [1.29, 1.82) is 0 Å². The van der Waals surface area contributed by atoms with Crippen LogP contribution in [0.2, 0.25) is 5.15 Å². The van der Waals surface area contributed by atoms with Crippen molar-refractivity contribution in [3.63, 3.8) is 0 Å². The van der Waals surface area contributed by atoms with E-state index in [9.17, 15) is 10.1 Å². The van der Waals surface area contributed by atoms with Crippen LogP contribution >= 0.6 is 22.9 Å². The largest absolute Gasteiger partial charge is 0.359 e. The van der Waals surface area contributed by atoms with Gasteiger partial charge in [-0.25, -0.2) is 15.0 Å². The summed E-state index contributed by atoms with van der Waals surface area (Å²) >= 11 is 7.30. The number of hydrogen-bond acceptors (Lipinski definition) is 7. The standard InChI is InChI=1S/C15H12ClN5O2S/c16-14-13(21(22)23)15(19-9-18-14)17-7-11-8-24-12(20-11)6-10-4-2-1-3-5-10/h1-5,8-9H,6-7H2,(H,17,18,19). The van der Waals surface area contributed by atoms with Crippen LogP contribution in [-0.4, -0.2) is 19.9 Å². The van der Waals surface area contributed by atoms with Crippen LogP contribution in [-0.2, 0) is 13.0 Å². The molecule has 0 atom stereocenters. The average molecular weight is 362 g/mol. The first-order chi connectivity index (χ1) is 11.6. The minimum absolute atomic E-state index is 0.0811. The van der Waals surface area contributed by atoms with E-state index in [2.05, 4.69) is 20.3 Å². The average Bonchev–Trinajstić information content (AvgIpc) is 3.01. The van der Waals surface area contributed by atoms with Crippen molar-refractivity contribution < 1.29 is 4.92 Å². The molecule has 0 radical (unpaired) electrons. The van der Waals surface area contributed by atoms with Gasteiger partial charge in [-0.2, -0.15) is 0 Å². The third-order valence-corrected chi connectivity index (χ3v) is 4.37. The predicted octanol–water partition coefficient (Wildman–Crippen LogP) is 3.70. The molecular weight excluding hydrogens is 350 g/mol. The zero-order valence-electron chi connectivity index (χ0n) is 12.3. The van der Waals surface area contributed by atoms with Crippen LogP contribution in [0.3, 0.4) is 0 Å². The van der Waals surface area contributed by atoms with Crippen molar-refractivity contribution in [2.24, 2.45) is 0 Å². The number of halogens is 1. The van der Waals surface area contributed by atoms with Crippen LogP contribution in [0.15, 0.2) is 42.0 Å². The summed E-state index contributed by atoms with van der Waals surface area (Å²) in [5, 5.41) is 16.6. The number of thiazole rings is 1. The number of nitro groups is 1. The zero-order chi connectivity index (χ0) is 16.9. The lowest BCUT2D eigenvalue weighted by Gasteiger charge is -2.04. The molecule has 0 aliphatic rings. The van der Waals surface area contributed by atoms with E-state index in [0.29, 0.717) is 6.54 Å². The molecule has 24 heavy (non-hydrogen) atoms. The summed E-state index contributed by atoms with van der Waals surface area (Å²) in [6.45, 7) is 0.319. The second-order valence-electron chi connectivity index (χ2n) is 4.87. The summed E-state index contributed by atoms with van der Waals surface area (Å²) in [4.78, 5) is 22.5. The molecule has 122 valence electrons. The molecule has 0 aliphatic carbocycles. The Hall–Kier alpha value is -2.58. The smallest absolute Gasteiger partial charge is 0.348 e. The molecule has 0 saturated heterocycles. The number of aromatic nitrogens is 3. The van der Waals surface area contributed by atoms with E-state index in [1.807, 2.05) is 35.7 Å². The number of nitrogens with one attached hydrogen (secondary N) is 1. The van der Waals surface area contributed by atoms with E-state index in [4.69, 9.17) is 11.6 Å². The molecule has 0 amide bonds. The Morgan fingerprint density at radius 2 is 2.04 bits per heavy atom. The Labute approximate surface area is 146 Å². The molecule has 0 aliphatic heterocycles. The number of rotatable bonds is 6. The number of hydrogen-bond donors (Lipinski definition) is 1. The molecule has 0 fully saturated rings. The Morgan fingerprint density at radius 1 is 1.25 bits per heavy atom. The lowest BCUT2D eigenvalue weighted by molar-refractivity contribution is -0.384. The van der Waals surface area contributed by atoms with Crippen LogP contribution in [0.25, 0.3) is 0 Å². The maximum Gasteiger partial charge on any atom is 0.348 e. The summed E-state index contributed by atoms with van der Waals surface area (Å²) < 4.78 is 0. The second-order valence-corrected chi connectivity index (χ2v) is 6.17. The summed E-state index contributed by atoms with van der Waals surface area (Å²) in [6.07, 6.45) is 1.94. The molecule has 0 bridgehead atoms. The van der Waals surface area contributed by atoms with Crippen molar-refractivity contribution in [2.45, 2.75) is 13.0 Å². The first-order valence-electron chi connectivity index (χ1n) is 6.99. The molecule has 3 aromatic rings. The van der Waals surface area contributed by atoms with Gasteiger partial charge in [0.2, 0.25) is 11.0 Å². The molecule has 2 heterocycles. The van der Waals surface area contributed by atoms with Gasteiger partial charge in [0.15, 0.2) is 0 Å². The molecule has 0 unspecified atom stereocenters. The zero-order valence-corrected chi connectivity index (χ0v) is 13.9. The molecule has 0 spiro atoms. The van der Waals surface area contributed by atoms with Crippen molar-refractivity contribution in [2.75, 3.05) is 5.32 Å². The fourth-order valence-corrected chi connectivity index (χ4v) is 3.13. The summed E-state index contributed by atoms with van der Waals surface area (Å²) in [7, 11) is 0. The monoisotopic (exact) mass is 361 g/mol. The first-order valence-corrected chi connectivity index (χ1v) is 8.25. The highest BCUT2D eigenvalue weighted by atomic mass is 35.5. The van der Waals surface area contributed by atoms with Crippen molar-refractivity contribution >= 4 is 34.4 Å². The van der Waals surface area contributed by atoms with E-state index >= 15 is 0 Å². The van der Waals surface area contributed by atoms with Gasteiger partial charge >= 0.3 is 5.69 Å². The Bertz CT molecular complexity index is 856. The fourth-order valence-electron chi connectivity index (χ4n) is 2.10. The van der Waals surface area contributed by atoms with E-state index in [-0.39, 0.29) is 16.7 Å². The van der Waals surface area contributed by atoms with E-state index in [1.165, 1.54) is 11.9 Å². The van der Waals surface area contributed by atoms with Crippen molar-refractivity contribution in [3.05, 3.63) is 73.6 Å². The van der Waals surface area contributed by atoms with Gasteiger partial charge in [0.05, 0.1) is 22.2 Å². The van der Waals surface area contributed by atoms with Crippen LogP contribution in [0.4, 0.5) is 11.5 Å². The Balaban J connectivity index is 1.68. The summed E-state index contributed by atoms with van der Waals surface area (Å²) in [6, 6.07) is 10.0. The van der Waals surface area contributed by atoms with Crippen LogP contribution < -0.4 is 5.32 Å². The van der Waals surface area contributed by atoms with E-state index in [0.717, 1.165) is 17.1 Å². The molecular formula is C15H12ClN5O2S. The Morgan fingerprint density at radius 3 is 2.79 bits per heavy atom. The molecule has 3 rings (SSSR count). The van der Waals surface area contributed by atoms with Crippen LogP contribution in [0, 0.1) is 10.1 Å². The summed E-state index contributed by atoms with van der Waals surface area (Å²) in [5.74, 6) is 0.0811. The predicted molar refractivity (Wildman–Crippen MR) is 92.4 cm³/mol. The fraction of sp³-hybridized carbons (Fsp3) is 0.133.